The van der Waals surface area contributed by atoms with Gasteiger partial charge in [0.05, 0.1) is 13.2 Å². The highest BCUT2D eigenvalue weighted by Crippen LogP contribution is 2.13. The van der Waals surface area contributed by atoms with Crippen LogP contribution in [0.25, 0.3) is 0 Å². The second-order valence-electron chi connectivity index (χ2n) is 3.54. The zero-order valence-corrected chi connectivity index (χ0v) is 10.6. The summed E-state index contributed by atoms with van der Waals surface area (Å²) in [5.41, 5.74) is 0.916. The fourth-order valence-electron chi connectivity index (χ4n) is 1.27. The molecule has 0 aliphatic rings. The Labute approximate surface area is 106 Å². The van der Waals surface area contributed by atoms with Crippen molar-refractivity contribution in [1.29, 1.82) is 0 Å². The molecule has 1 aromatic rings. The topological polar surface area (TPSA) is 50.4 Å². The van der Waals surface area contributed by atoms with Crippen LogP contribution in [0.3, 0.4) is 0 Å². The molecule has 0 spiro atoms. The van der Waals surface area contributed by atoms with E-state index >= 15 is 0 Å². The van der Waals surface area contributed by atoms with Crippen LogP contribution < -0.4 is 10.6 Å². The van der Waals surface area contributed by atoms with Crippen molar-refractivity contribution in [2.75, 3.05) is 26.8 Å². The lowest BCUT2D eigenvalue weighted by Crippen LogP contribution is -2.34. The Bertz CT molecular complexity index is 358. The van der Waals surface area contributed by atoms with Crippen LogP contribution >= 0.6 is 11.6 Å². The summed E-state index contributed by atoms with van der Waals surface area (Å²) in [6.07, 6.45) is 0. The van der Waals surface area contributed by atoms with Gasteiger partial charge in [0.25, 0.3) is 0 Å². The lowest BCUT2D eigenvalue weighted by Gasteiger charge is -2.07. The molecule has 0 atom stereocenters. The fourth-order valence-corrected chi connectivity index (χ4v) is 1.48. The summed E-state index contributed by atoms with van der Waals surface area (Å²) in [5.74, 6) is -0.0546. The molecule has 0 saturated carbocycles. The number of carbonyl (C=O) groups is 1. The highest BCUT2D eigenvalue weighted by molar-refractivity contribution is 6.31. The third kappa shape index (κ3) is 5.68. The molecule has 94 valence electrons. The van der Waals surface area contributed by atoms with Crippen molar-refractivity contribution in [2.45, 2.75) is 6.54 Å². The molecule has 0 fully saturated rings. The van der Waals surface area contributed by atoms with Gasteiger partial charge in [0.1, 0.15) is 0 Å². The molecule has 1 rings (SSSR count). The van der Waals surface area contributed by atoms with Crippen LogP contribution in [0.4, 0.5) is 0 Å². The third-order valence-corrected chi connectivity index (χ3v) is 2.57. The van der Waals surface area contributed by atoms with E-state index in [-0.39, 0.29) is 12.5 Å². The predicted octanol–water partition coefficient (Wildman–Crippen LogP) is 1.19. The summed E-state index contributed by atoms with van der Waals surface area (Å²) in [4.78, 5) is 11.4. The van der Waals surface area contributed by atoms with Gasteiger partial charge in [-0.15, -0.1) is 0 Å². The summed E-state index contributed by atoms with van der Waals surface area (Å²) in [5, 5.41) is 6.42. The zero-order chi connectivity index (χ0) is 12.5. The Kier molecular flexibility index (Phi) is 6.62. The normalized spacial score (nSPS) is 10.2. The van der Waals surface area contributed by atoms with Crippen LogP contribution in [0.2, 0.25) is 5.02 Å². The molecular weight excluding hydrogens is 240 g/mol. The second-order valence-corrected chi connectivity index (χ2v) is 3.94. The Morgan fingerprint density at radius 2 is 2.18 bits per heavy atom. The van der Waals surface area contributed by atoms with Gasteiger partial charge in [-0.3, -0.25) is 4.79 Å². The predicted molar refractivity (Wildman–Crippen MR) is 68.0 cm³/mol. The van der Waals surface area contributed by atoms with E-state index in [0.29, 0.717) is 24.7 Å². The maximum Gasteiger partial charge on any atom is 0.234 e. The Morgan fingerprint density at radius 3 is 2.88 bits per heavy atom. The number of amides is 1. The number of hydrogen-bond donors (Lipinski definition) is 2. The molecular formula is C12H17ClN2O2. The number of nitrogens with one attached hydrogen (secondary N) is 2. The maximum atomic E-state index is 11.4. The van der Waals surface area contributed by atoms with Crippen LogP contribution in [0.1, 0.15) is 5.56 Å². The summed E-state index contributed by atoms with van der Waals surface area (Å²) >= 11 is 5.97. The number of halogens is 1. The van der Waals surface area contributed by atoms with Gasteiger partial charge >= 0.3 is 0 Å². The second kappa shape index (κ2) is 8.06. The molecule has 0 bridgehead atoms. The van der Waals surface area contributed by atoms with Crippen molar-refractivity contribution in [3.05, 3.63) is 34.9 Å². The molecule has 0 saturated heterocycles. The SMILES string of the molecule is COCCNCC(=O)NCc1ccccc1Cl. The lowest BCUT2D eigenvalue weighted by atomic mass is 10.2. The Hall–Kier alpha value is -1.10. The van der Waals surface area contributed by atoms with Gasteiger partial charge in [0.2, 0.25) is 5.91 Å². The molecule has 4 nitrogen and oxygen atoms in total. The molecule has 0 unspecified atom stereocenters. The van der Waals surface area contributed by atoms with Gasteiger partial charge in [-0.1, -0.05) is 29.8 Å². The minimum Gasteiger partial charge on any atom is -0.383 e. The molecule has 0 aliphatic carbocycles. The van der Waals surface area contributed by atoms with E-state index in [9.17, 15) is 4.79 Å². The van der Waals surface area contributed by atoms with E-state index < -0.39 is 0 Å². The minimum absolute atomic E-state index is 0.0546. The van der Waals surface area contributed by atoms with Gasteiger partial charge in [-0.2, -0.15) is 0 Å². The Balaban J connectivity index is 2.22. The summed E-state index contributed by atoms with van der Waals surface area (Å²) < 4.78 is 4.86. The van der Waals surface area contributed by atoms with Crippen LogP contribution in [0, 0.1) is 0 Å². The van der Waals surface area contributed by atoms with Gasteiger partial charge in [-0.25, -0.2) is 0 Å². The van der Waals surface area contributed by atoms with E-state index in [1.165, 1.54) is 0 Å². The first kappa shape index (κ1) is 14.0. The first-order valence-electron chi connectivity index (χ1n) is 5.44. The highest BCUT2D eigenvalue weighted by atomic mass is 35.5. The summed E-state index contributed by atoms with van der Waals surface area (Å²) in [6.45, 7) is 1.99. The van der Waals surface area contributed by atoms with E-state index in [1.807, 2.05) is 18.2 Å². The standard InChI is InChI=1S/C12H17ClN2O2/c1-17-7-6-14-9-12(16)15-8-10-4-2-3-5-11(10)13/h2-5,14H,6-9H2,1H3,(H,15,16). The van der Waals surface area contributed by atoms with E-state index in [1.54, 1.807) is 13.2 Å². The number of ether oxygens (including phenoxy) is 1. The molecule has 1 amide bonds. The summed E-state index contributed by atoms with van der Waals surface area (Å²) in [6, 6.07) is 7.45. The molecule has 2 N–H and O–H groups in total. The van der Waals surface area contributed by atoms with Crippen molar-refractivity contribution >= 4 is 17.5 Å². The smallest absolute Gasteiger partial charge is 0.234 e. The fraction of sp³-hybridized carbons (Fsp3) is 0.417. The van der Waals surface area contributed by atoms with Gasteiger partial charge in [0, 0.05) is 25.2 Å². The number of rotatable bonds is 7. The molecule has 0 radical (unpaired) electrons. The maximum absolute atomic E-state index is 11.4. The van der Waals surface area contributed by atoms with Crippen LogP contribution in [0.15, 0.2) is 24.3 Å². The first-order valence-corrected chi connectivity index (χ1v) is 5.81. The summed E-state index contributed by atoms with van der Waals surface area (Å²) in [7, 11) is 1.62. The van der Waals surface area contributed by atoms with Crippen molar-refractivity contribution in [1.82, 2.24) is 10.6 Å². The van der Waals surface area contributed by atoms with Crippen molar-refractivity contribution in [3.63, 3.8) is 0 Å². The third-order valence-electron chi connectivity index (χ3n) is 2.20. The number of carbonyl (C=O) groups excluding carboxylic acids is 1. The van der Waals surface area contributed by atoms with Crippen molar-refractivity contribution in [2.24, 2.45) is 0 Å². The number of methoxy groups -OCH3 is 1. The van der Waals surface area contributed by atoms with E-state index in [0.717, 1.165) is 5.56 Å². The van der Waals surface area contributed by atoms with Crippen LogP contribution in [0.5, 0.6) is 0 Å². The average molecular weight is 257 g/mol. The van der Waals surface area contributed by atoms with Gasteiger partial charge < -0.3 is 15.4 Å². The molecule has 0 heterocycles. The van der Waals surface area contributed by atoms with Crippen molar-refractivity contribution in [3.8, 4) is 0 Å². The molecule has 1 aromatic carbocycles. The lowest BCUT2D eigenvalue weighted by molar-refractivity contribution is -0.120. The number of hydrogen-bond acceptors (Lipinski definition) is 3. The zero-order valence-electron chi connectivity index (χ0n) is 9.83. The average Bonchev–Trinajstić information content (AvgIpc) is 2.34. The van der Waals surface area contributed by atoms with Crippen LogP contribution in [-0.2, 0) is 16.1 Å². The van der Waals surface area contributed by atoms with Gasteiger partial charge in [0.15, 0.2) is 0 Å². The minimum atomic E-state index is -0.0546. The molecule has 17 heavy (non-hydrogen) atoms. The molecule has 5 heteroatoms. The van der Waals surface area contributed by atoms with E-state index in [2.05, 4.69) is 10.6 Å². The van der Waals surface area contributed by atoms with Gasteiger partial charge in [-0.05, 0) is 11.6 Å². The highest BCUT2D eigenvalue weighted by Gasteiger charge is 2.02. The quantitative estimate of drug-likeness (QED) is 0.721. The molecule has 0 aliphatic heterocycles. The Morgan fingerprint density at radius 1 is 1.41 bits per heavy atom. The number of benzene rings is 1. The monoisotopic (exact) mass is 256 g/mol. The largest absolute Gasteiger partial charge is 0.383 e. The van der Waals surface area contributed by atoms with E-state index in [4.69, 9.17) is 16.3 Å². The van der Waals surface area contributed by atoms with Crippen LogP contribution in [-0.4, -0.2) is 32.7 Å². The van der Waals surface area contributed by atoms with Crippen molar-refractivity contribution < 1.29 is 9.53 Å². The molecule has 0 aromatic heterocycles. The first-order chi connectivity index (χ1) is 8.24.